The van der Waals surface area contributed by atoms with Crippen molar-refractivity contribution < 1.29 is 9.90 Å². The minimum absolute atomic E-state index is 0.0388. The van der Waals surface area contributed by atoms with Crippen LogP contribution in [-0.2, 0) is 0 Å². The van der Waals surface area contributed by atoms with E-state index in [1.165, 1.54) is 0 Å². The lowest BCUT2D eigenvalue weighted by atomic mass is 9.83. The Morgan fingerprint density at radius 3 is 1.85 bits per heavy atom. The van der Waals surface area contributed by atoms with Crippen molar-refractivity contribution in [2.45, 2.75) is 0 Å². The fraction of sp³-hybridized carbons (Fsp3) is 0. The van der Waals surface area contributed by atoms with Gasteiger partial charge in [0, 0.05) is 10.8 Å². The third-order valence-corrected chi connectivity index (χ3v) is 7.31. The van der Waals surface area contributed by atoms with Crippen LogP contribution in [0.5, 0.6) is 0 Å². The molecule has 0 saturated heterocycles. The lowest BCUT2D eigenvalue weighted by Crippen LogP contribution is -1.96. The van der Waals surface area contributed by atoms with Crippen molar-refractivity contribution in [3.05, 3.63) is 146 Å². The maximum absolute atomic E-state index is 9.34. The molecule has 0 fully saturated rings. The van der Waals surface area contributed by atoms with Crippen molar-refractivity contribution in [2.75, 3.05) is 0 Å². The van der Waals surface area contributed by atoms with Gasteiger partial charge in [-0.2, -0.15) is 0 Å². The van der Waals surface area contributed by atoms with E-state index in [9.17, 15) is 1.37 Å². The number of para-hydroxylation sites is 1. The third-order valence-electron chi connectivity index (χ3n) is 7.31. The Morgan fingerprint density at radius 2 is 1.13 bits per heavy atom. The molecule has 1 nitrogen and oxygen atoms in total. The van der Waals surface area contributed by atoms with Gasteiger partial charge in [0.25, 0.3) is 0 Å². The van der Waals surface area contributed by atoms with Crippen molar-refractivity contribution in [1.82, 2.24) is 0 Å². The molecule has 7 rings (SSSR count). The number of hydrogen-bond donors (Lipinski definition) is 0. The highest BCUT2D eigenvalue weighted by Crippen LogP contribution is 2.44. The Labute approximate surface area is 233 Å². The van der Waals surface area contributed by atoms with E-state index < -0.39 is 0 Å². The predicted octanol–water partition coefficient (Wildman–Crippen LogP) is 11.0. The Morgan fingerprint density at radius 1 is 0.538 bits per heavy atom. The van der Waals surface area contributed by atoms with E-state index in [1.807, 2.05) is 78.9 Å². The maximum Gasteiger partial charge on any atom is 0.136 e. The van der Waals surface area contributed by atoms with E-state index in [0.29, 0.717) is 27.8 Å². The SMILES string of the molecule is [2H]c1c([2H])c(-c2ccccc2)c([2H])c(-c2c(C=C)c(C=C)c(-c3ccc4c(c3)oc3ccccc34)c3ccccc23)c1[2H]. The first-order chi connectivity index (χ1) is 20.9. The zero-order valence-corrected chi connectivity index (χ0v) is 21.2. The van der Waals surface area contributed by atoms with Crippen LogP contribution in [0.4, 0.5) is 0 Å². The van der Waals surface area contributed by atoms with Crippen LogP contribution in [0.2, 0.25) is 0 Å². The molecule has 0 atom stereocenters. The summed E-state index contributed by atoms with van der Waals surface area (Å²) in [6, 6.07) is 30.9. The number of hydrogen-bond acceptors (Lipinski definition) is 1. The number of furan rings is 1. The quantitative estimate of drug-likeness (QED) is 0.228. The largest absolute Gasteiger partial charge is 0.456 e. The average Bonchev–Trinajstić information content (AvgIpc) is 3.41. The molecule has 1 heterocycles. The van der Waals surface area contributed by atoms with E-state index in [-0.39, 0.29) is 24.2 Å². The molecule has 0 amide bonds. The summed E-state index contributed by atoms with van der Waals surface area (Å²) in [5.41, 5.74) is 6.94. The van der Waals surface area contributed by atoms with Crippen molar-refractivity contribution >= 4 is 44.9 Å². The number of fused-ring (bicyclic) bond motifs is 4. The summed E-state index contributed by atoms with van der Waals surface area (Å²) in [7, 11) is 0. The first-order valence-corrected chi connectivity index (χ1v) is 12.9. The molecule has 1 aromatic heterocycles. The smallest absolute Gasteiger partial charge is 0.136 e. The lowest BCUT2D eigenvalue weighted by Gasteiger charge is -2.20. The van der Waals surface area contributed by atoms with Crippen LogP contribution in [0.3, 0.4) is 0 Å². The second-order valence-corrected chi connectivity index (χ2v) is 9.46. The Hall–Kier alpha value is -5.14. The Kier molecular flexibility index (Phi) is 4.54. The average molecular weight is 503 g/mol. The van der Waals surface area contributed by atoms with Crippen LogP contribution < -0.4 is 0 Å². The highest BCUT2D eigenvalue weighted by molar-refractivity contribution is 6.13. The summed E-state index contributed by atoms with van der Waals surface area (Å²) in [5.74, 6) is 0. The van der Waals surface area contributed by atoms with E-state index >= 15 is 0 Å². The maximum atomic E-state index is 9.34. The highest BCUT2D eigenvalue weighted by atomic mass is 16.3. The highest BCUT2D eigenvalue weighted by Gasteiger charge is 2.20. The van der Waals surface area contributed by atoms with Gasteiger partial charge in [-0.25, -0.2) is 0 Å². The van der Waals surface area contributed by atoms with Crippen molar-refractivity contribution in [1.29, 1.82) is 0 Å². The molecule has 0 aliphatic carbocycles. The first-order valence-electron chi connectivity index (χ1n) is 14.9. The molecule has 6 aromatic carbocycles. The van der Waals surface area contributed by atoms with E-state index in [1.54, 1.807) is 12.2 Å². The molecule has 0 N–H and O–H groups in total. The molecule has 0 saturated carbocycles. The van der Waals surface area contributed by atoms with Crippen LogP contribution in [0, 0.1) is 0 Å². The normalized spacial score (nSPS) is 12.7. The summed E-state index contributed by atoms with van der Waals surface area (Å²) in [5, 5.41) is 3.83. The van der Waals surface area contributed by atoms with E-state index in [0.717, 1.165) is 49.4 Å². The monoisotopic (exact) mass is 502 g/mol. The number of rotatable bonds is 5. The summed E-state index contributed by atoms with van der Waals surface area (Å²) < 4.78 is 42.0. The molecule has 0 radical (unpaired) electrons. The van der Waals surface area contributed by atoms with Gasteiger partial charge in [-0.15, -0.1) is 0 Å². The van der Waals surface area contributed by atoms with Gasteiger partial charge in [0.05, 0.1) is 5.48 Å². The summed E-state index contributed by atoms with van der Waals surface area (Å²) in [6.45, 7) is 8.33. The van der Waals surface area contributed by atoms with Crippen LogP contribution in [-0.4, -0.2) is 0 Å². The first kappa shape index (κ1) is 19.0. The minimum atomic E-state index is -0.219. The van der Waals surface area contributed by atoms with Gasteiger partial charge in [0.15, 0.2) is 0 Å². The molecule has 0 aliphatic rings. The Bertz CT molecular complexity index is 2260. The molecule has 0 unspecified atom stereocenters. The molecule has 0 aliphatic heterocycles. The second-order valence-electron chi connectivity index (χ2n) is 9.46. The van der Waals surface area contributed by atoms with Crippen molar-refractivity contribution in [3.63, 3.8) is 0 Å². The van der Waals surface area contributed by atoms with Gasteiger partial charge in [0.2, 0.25) is 0 Å². The zero-order valence-electron chi connectivity index (χ0n) is 25.2. The second kappa shape index (κ2) is 9.31. The standard InChI is InChI=1S/C38H26O/c1-3-29-30(4-2)38(28-21-22-32-31-17-10-11-20-35(31)39-36(32)24-28)34-19-9-8-18-33(34)37(29)27-16-12-15-26(23-27)25-13-6-5-7-14-25/h3-24H,1-2H2/i12D,15D,16D,23D. The van der Waals surface area contributed by atoms with Gasteiger partial charge in [0.1, 0.15) is 11.2 Å². The number of benzene rings is 6. The summed E-state index contributed by atoms with van der Waals surface area (Å²) in [6.07, 6.45) is 3.53. The van der Waals surface area contributed by atoms with Crippen LogP contribution in [0.15, 0.2) is 139 Å². The third kappa shape index (κ3) is 3.71. The van der Waals surface area contributed by atoms with Gasteiger partial charge >= 0.3 is 0 Å². The lowest BCUT2D eigenvalue weighted by molar-refractivity contribution is 0.669. The summed E-state index contributed by atoms with van der Waals surface area (Å²) in [4.78, 5) is 0. The van der Waals surface area contributed by atoms with Crippen LogP contribution in [0.25, 0.3) is 78.2 Å². The molecule has 184 valence electrons. The Balaban J connectivity index is 1.59. The minimum Gasteiger partial charge on any atom is -0.456 e. The molecule has 0 bridgehead atoms. The summed E-state index contributed by atoms with van der Waals surface area (Å²) >= 11 is 0. The van der Waals surface area contributed by atoms with Gasteiger partial charge in [-0.3, -0.25) is 0 Å². The van der Waals surface area contributed by atoms with Crippen molar-refractivity contribution in [3.8, 4) is 33.4 Å². The van der Waals surface area contributed by atoms with Gasteiger partial charge in [-0.05, 0) is 79.5 Å². The molecule has 7 aromatic rings. The molecule has 1 heteroatoms. The van der Waals surface area contributed by atoms with E-state index in [4.69, 9.17) is 8.53 Å². The van der Waals surface area contributed by atoms with E-state index in [2.05, 4.69) is 31.4 Å². The van der Waals surface area contributed by atoms with Crippen molar-refractivity contribution in [2.24, 2.45) is 0 Å². The zero-order chi connectivity index (χ0) is 29.8. The van der Waals surface area contributed by atoms with Crippen LogP contribution in [0.1, 0.15) is 16.6 Å². The molecule has 0 spiro atoms. The molecule has 39 heavy (non-hydrogen) atoms. The fourth-order valence-electron chi connectivity index (χ4n) is 5.58. The van der Waals surface area contributed by atoms with Gasteiger partial charge in [-0.1, -0.05) is 122 Å². The van der Waals surface area contributed by atoms with Crippen LogP contribution >= 0.6 is 0 Å². The molecular formula is C38H26O. The van der Waals surface area contributed by atoms with Gasteiger partial charge < -0.3 is 4.42 Å². The topological polar surface area (TPSA) is 13.1 Å². The molecular weight excluding hydrogens is 472 g/mol. The fourth-order valence-corrected chi connectivity index (χ4v) is 5.58. The predicted molar refractivity (Wildman–Crippen MR) is 168 cm³/mol.